The summed E-state index contributed by atoms with van der Waals surface area (Å²) in [5.74, 6) is 0.282. The molecule has 0 aliphatic heterocycles. The van der Waals surface area contributed by atoms with Crippen molar-refractivity contribution in [1.82, 2.24) is 9.55 Å². The Balaban J connectivity index is 1.49. The van der Waals surface area contributed by atoms with Crippen LogP contribution in [-0.4, -0.2) is 15.3 Å². The minimum atomic E-state index is -0.0351. The minimum absolute atomic E-state index is 0.0351. The number of carbonyl (C=O) groups excluding carboxylic acids is 1. The van der Waals surface area contributed by atoms with Gasteiger partial charge in [0.25, 0.3) is 5.56 Å². The summed E-state index contributed by atoms with van der Waals surface area (Å²) in [7, 11) is 0. The maximum absolute atomic E-state index is 12.7. The molecular formula is C24H18N2O2. The van der Waals surface area contributed by atoms with Gasteiger partial charge < -0.3 is 0 Å². The van der Waals surface area contributed by atoms with Gasteiger partial charge in [-0.25, -0.2) is 4.98 Å². The third-order valence-electron chi connectivity index (χ3n) is 5.33. The van der Waals surface area contributed by atoms with Crippen LogP contribution >= 0.6 is 0 Å². The number of hydrogen-bond donors (Lipinski definition) is 0. The van der Waals surface area contributed by atoms with Crippen LogP contribution in [0, 0.1) is 0 Å². The Kier molecular flexibility index (Phi) is 3.90. The van der Waals surface area contributed by atoms with Gasteiger partial charge >= 0.3 is 0 Å². The van der Waals surface area contributed by atoms with Gasteiger partial charge in [-0.3, -0.25) is 14.2 Å². The van der Waals surface area contributed by atoms with Crippen LogP contribution in [0.5, 0.6) is 0 Å². The zero-order valence-electron chi connectivity index (χ0n) is 15.3. The molecule has 0 atom stereocenters. The van der Waals surface area contributed by atoms with E-state index in [-0.39, 0.29) is 11.3 Å². The summed E-state index contributed by atoms with van der Waals surface area (Å²) in [5.41, 5.74) is 6.16. The molecule has 5 rings (SSSR count). The van der Waals surface area contributed by atoms with Crippen molar-refractivity contribution in [2.24, 2.45) is 0 Å². The third-order valence-corrected chi connectivity index (χ3v) is 5.33. The number of rotatable bonds is 3. The lowest BCUT2D eigenvalue weighted by Gasteiger charge is -2.10. The molecule has 0 amide bonds. The molecule has 0 unspecified atom stereocenters. The number of carbonyl (C=O) groups is 1. The van der Waals surface area contributed by atoms with Crippen molar-refractivity contribution >= 4 is 16.7 Å². The highest BCUT2D eigenvalue weighted by molar-refractivity contribution is 5.88. The van der Waals surface area contributed by atoms with Crippen molar-refractivity contribution in [3.63, 3.8) is 0 Å². The smallest absolute Gasteiger partial charge is 0.261 e. The van der Waals surface area contributed by atoms with Crippen molar-refractivity contribution in [2.45, 2.75) is 19.4 Å². The van der Waals surface area contributed by atoms with Gasteiger partial charge in [0.2, 0.25) is 0 Å². The average molecular weight is 366 g/mol. The summed E-state index contributed by atoms with van der Waals surface area (Å²) >= 11 is 0. The van der Waals surface area contributed by atoms with E-state index in [4.69, 9.17) is 0 Å². The quantitative estimate of drug-likeness (QED) is 0.554. The predicted octanol–water partition coefficient (Wildman–Crippen LogP) is 3.78. The second-order valence-corrected chi connectivity index (χ2v) is 7.27. The lowest BCUT2D eigenvalue weighted by molar-refractivity contribution is -0.117. The van der Waals surface area contributed by atoms with Crippen LogP contribution in [-0.2, 0) is 24.2 Å². The van der Waals surface area contributed by atoms with E-state index in [9.17, 15) is 9.59 Å². The lowest BCUT2D eigenvalue weighted by Crippen LogP contribution is -2.21. The summed E-state index contributed by atoms with van der Waals surface area (Å²) in [5, 5.41) is 0.629. The highest BCUT2D eigenvalue weighted by atomic mass is 16.1. The van der Waals surface area contributed by atoms with Gasteiger partial charge in [-0.05, 0) is 46.0 Å². The van der Waals surface area contributed by atoms with Crippen molar-refractivity contribution < 1.29 is 4.79 Å². The van der Waals surface area contributed by atoms with Crippen LogP contribution in [0.25, 0.3) is 22.0 Å². The summed E-state index contributed by atoms with van der Waals surface area (Å²) in [6.45, 7) is 0.466. The first-order valence-electron chi connectivity index (χ1n) is 9.34. The Hall–Kier alpha value is -3.53. The number of Topliss-reactive ketones (excluding diaryl/α,β-unsaturated/α-hetero) is 1. The van der Waals surface area contributed by atoms with Crippen molar-refractivity contribution in [3.05, 3.63) is 100 Å². The fourth-order valence-electron chi connectivity index (χ4n) is 3.89. The first-order chi connectivity index (χ1) is 13.7. The molecule has 0 spiro atoms. The van der Waals surface area contributed by atoms with Gasteiger partial charge in [-0.15, -0.1) is 0 Å². The fourth-order valence-corrected chi connectivity index (χ4v) is 3.89. The van der Waals surface area contributed by atoms with Crippen molar-refractivity contribution in [1.29, 1.82) is 0 Å². The third kappa shape index (κ3) is 2.93. The zero-order chi connectivity index (χ0) is 19.1. The molecule has 0 saturated heterocycles. The number of fused-ring (bicyclic) bond motifs is 2. The molecule has 1 heterocycles. The normalized spacial score (nSPS) is 13.1. The highest BCUT2D eigenvalue weighted by Crippen LogP contribution is 2.27. The first kappa shape index (κ1) is 16.6. The molecule has 0 fully saturated rings. The molecule has 0 N–H and O–H groups in total. The van der Waals surface area contributed by atoms with Crippen LogP contribution in [0.15, 0.2) is 77.9 Å². The number of ketones is 1. The standard InChI is InChI=1S/C24H18N2O2/c27-21-12-19-9-8-18(11-20(19)13-21)17-5-3-4-16(10-17)14-26-15-25-23-7-2-1-6-22(23)24(26)28/h1-11,15H,12-14H2. The molecule has 136 valence electrons. The lowest BCUT2D eigenvalue weighted by atomic mass is 9.99. The van der Waals surface area contributed by atoms with Crippen LogP contribution in [0.1, 0.15) is 16.7 Å². The van der Waals surface area contributed by atoms with Crippen molar-refractivity contribution in [2.75, 3.05) is 0 Å². The number of benzene rings is 3. The number of hydrogen-bond acceptors (Lipinski definition) is 3. The molecule has 0 radical (unpaired) electrons. The van der Waals surface area contributed by atoms with Gasteiger partial charge in [0, 0.05) is 12.8 Å². The van der Waals surface area contributed by atoms with E-state index in [2.05, 4.69) is 35.3 Å². The molecule has 0 bridgehead atoms. The van der Waals surface area contributed by atoms with Crippen LogP contribution in [0.2, 0.25) is 0 Å². The Labute approximate surface area is 162 Å². The van der Waals surface area contributed by atoms with Crippen molar-refractivity contribution in [3.8, 4) is 11.1 Å². The summed E-state index contributed by atoms with van der Waals surface area (Å²) in [6.07, 6.45) is 2.69. The van der Waals surface area contributed by atoms with Crippen LogP contribution < -0.4 is 5.56 Å². The zero-order valence-corrected chi connectivity index (χ0v) is 15.3. The van der Waals surface area contributed by atoms with E-state index in [1.54, 1.807) is 10.9 Å². The molecule has 1 aliphatic rings. The molecule has 1 aliphatic carbocycles. The van der Waals surface area contributed by atoms with Gasteiger partial charge in [0.05, 0.1) is 23.8 Å². The molecule has 1 aromatic heterocycles. The fraction of sp³-hybridized carbons (Fsp3) is 0.125. The second-order valence-electron chi connectivity index (χ2n) is 7.27. The maximum Gasteiger partial charge on any atom is 0.261 e. The highest BCUT2D eigenvalue weighted by Gasteiger charge is 2.18. The minimum Gasteiger partial charge on any atom is -0.299 e. The largest absolute Gasteiger partial charge is 0.299 e. The number of para-hydroxylation sites is 1. The van der Waals surface area contributed by atoms with E-state index in [1.807, 2.05) is 36.4 Å². The number of aromatic nitrogens is 2. The molecule has 4 nitrogen and oxygen atoms in total. The van der Waals surface area contributed by atoms with E-state index >= 15 is 0 Å². The topological polar surface area (TPSA) is 52.0 Å². The monoisotopic (exact) mass is 366 g/mol. The average Bonchev–Trinajstić information content (AvgIpc) is 3.10. The van der Waals surface area contributed by atoms with E-state index in [0.29, 0.717) is 30.3 Å². The molecule has 4 heteroatoms. The predicted molar refractivity (Wildman–Crippen MR) is 109 cm³/mol. The molecular weight excluding hydrogens is 348 g/mol. The maximum atomic E-state index is 12.7. The second kappa shape index (κ2) is 6.57. The SMILES string of the molecule is O=C1Cc2ccc(-c3cccc(Cn4cnc5ccccc5c4=O)c3)cc2C1. The van der Waals surface area contributed by atoms with Gasteiger partial charge in [0.15, 0.2) is 0 Å². The Morgan fingerprint density at radius 3 is 2.57 bits per heavy atom. The molecule has 4 aromatic rings. The summed E-state index contributed by atoms with van der Waals surface area (Å²) < 4.78 is 1.64. The van der Waals surface area contributed by atoms with Gasteiger partial charge in [-0.1, -0.05) is 48.5 Å². The number of nitrogens with zero attached hydrogens (tertiary/aromatic N) is 2. The Morgan fingerprint density at radius 1 is 0.821 bits per heavy atom. The first-order valence-corrected chi connectivity index (χ1v) is 9.34. The van der Waals surface area contributed by atoms with E-state index < -0.39 is 0 Å². The van der Waals surface area contributed by atoms with Crippen LogP contribution in [0.4, 0.5) is 0 Å². The Morgan fingerprint density at radius 2 is 1.64 bits per heavy atom. The van der Waals surface area contributed by atoms with Gasteiger partial charge in [0.1, 0.15) is 5.78 Å². The molecule has 28 heavy (non-hydrogen) atoms. The Bertz CT molecular complexity index is 1290. The summed E-state index contributed by atoms with van der Waals surface area (Å²) in [6, 6.07) is 21.8. The van der Waals surface area contributed by atoms with Crippen LogP contribution in [0.3, 0.4) is 0 Å². The van der Waals surface area contributed by atoms with E-state index in [0.717, 1.165) is 27.8 Å². The van der Waals surface area contributed by atoms with Gasteiger partial charge in [-0.2, -0.15) is 0 Å². The van der Waals surface area contributed by atoms with E-state index in [1.165, 1.54) is 0 Å². The molecule has 0 saturated carbocycles. The molecule has 3 aromatic carbocycles. The summed E-state index contributed by atoms with van der Waals surface area (Å²) in [4.78, 5) is 28.8.